The van der Waals surface area contributed by atoms with Crippen molar-refractivity contribution in [3.8, 4) is 0 Å². The van der Waals surface area contributed by atoms with Crippen molar-refractivity contribution in [1.82, 2.24) is 14.5 Å². The van der Waals surface area contributed by atoms with E-state index in [2.05, 4.69) is 5.32 Å². The van der Waals surface area contributed by atoms with E-state index in [1.165, 1.54) is 28.6 Å². The Labute approximate surface area is 159 Å². The molecule has 1 heterocycles. The third-order valence-electron chi connectivity index (χ3n) is 4.09. The fourth-order valence-corrected chi connectivity index (χ4v) is 4.30. The van der Waals surface area contributed by atoms with Crippen LogP contribution in [0.5, 0.6) is 0 Å². The summed E-state index contributed by atoms with van der Waals surface area (Å²) >= 11 is 0. The third kappa shape index (κ3) is 5.13. The van der Waals surface area contributed by atoms with Gasteiger partial charge in [-0.3, -0.25) is 14.9 Å². The number of piperazine rings is 1. The summed E-state index contributed by atoms with van der Waals surface area (Å²) in [7, 11) is -2.15. The minimum Gasteiger partial charge on any atom is -0.340 e. The molecule has 9 nitrogen and oxygen atoms in total. The number of nitro benzene ring substituents is 1. The lowest BCUT2D eigenvalue weighted by Crippen LogP contribution is -2.50. The third-order valence-corrected chi connectivity index (χ3v) is 6.03. The summed E-state index contributed by atoms with van der Waals surface area (Å²) in [6, 6.07) is 5.30. The van der Waals surface area contributed by atoms with Gasteiger partial charge in [-0.2, -0.15) is 4.31 Å². The van der Waals surface area contributed by atoms with Crippen molar-refractivity contribution in [3.63, 3.8) is 0 Å². The minimum atomic E-state index is -3.96. The summed E-state index contributed by atoms with van der Waals surface area (Å²) in [6.07, 6.45) is 1.14. The molecule has 0 radical (unpaired) electrons. The zero-order chi connectivity index (χ0) is 18.4. The Kier molecular flexibility index (Phi) is 8.41. The molecule has 11 heteroatoms. The van der Waals surface area contributed by atoms with Gasteiger partial charge in [-0.1, -0.05) is 12.1 Å². The minimum absolute atomic E-state index is 0. The highest BCUT2D eigenvalue weighted by Crippen LogP contribution is 2.26. The van der Waals surface area contributed by atoms with E-state index in [1.807, 2.05) is 7.05 Å². The van der Waals surface area contributed by atoms with Gasteiger partial charge in [0, 0.05) is 38.7 Å². The van der Waals surface area contributed by atoms with E-state index in [-0.39, 0.29) is 49.4 Å². The summed E-state index contributed by atoms with van der Waals surface area (Å²) in [5.74, 6) is -0.00186. The zero-order valence-electron chi connectivity index (χ0n) is 14.5. The van der Waals surface area contributed by atoms with Crippen LogP contribution in [0.25, 0.3) is 0 Å². The van der Waals surface area contributed by atoms with Crippen molar-refractivity contribution < 1.29 is 18.1 Å². The lowest BCUT2D eigenvalue weighted by Gasteiger charge is -2.34. The number of nitrogens with zero attached hydrogens (tertiary/aromatic N) is 3. The van der Waals surface area contributed by atoms with Gasteiger partial charge in [-0.15, -0.1) is 12.4 Å². The Morgan fingerprint density at radius 3 is 2.42 bits per heavy atom. The molecule has 26 heavy (non-hydrogen) atoms. The summed E-state index contributed by atoms with van der Waals surface area (Å²) < 4.78 is 26.6. The molecular weight excluding hydrogens is 384 g/mol. The van der Waals surface area contributed by atoms with Crippen LogP contribution < -0.4 is 5.32 Å². The number of para-hydroxylation sites is 1. The van der Waals surface area contributed by atoms with Gasteiger partial charge in [0.2, 0.25) is 15.9 Å². The average Bonchev–Trinajstić information content (AvgIpc) is 2.62. The molecule has 0 bridgehead atoms. The summed E-state index contributed by atoms with van der Waals surface area (Å²) in [6.45, 7) is 1.59. The molecule has 0 aromatic heterocycles. The van der Waals surface area contributed by atoms with Crippen molar-refractivity contribution in [2.75, 3.05) is 39.8 Å². The van der Waals surface area contributed by atoms with Gasteiger partial charge < -0.3 is 10.2 Å². The predicted molar refractivity (Wildman–Crippen MR) is 98.8 cm³/mol. The second-order valence-electron chi connectivity index (χ2n) is 5.72. The molecule has 1 N–H and O–H groups in total. The molecule has 146 valence electrons. The Hall–Kier alpha value is -1.75. The summed E-state index contributed by atoms with van der Waals surface area (Å²) in [5, 5.41) is 14.1. The molecular formula is C15H23ClN4O5S. The fourth-order valence-electron chi connectivity index (χ4n) is 2.72. The first-order chi connectivity index (χ1) is 11.9. The van der Waals surface area contributed by atoms with Gasteiger partial charge in [-0.25, -0.2) is 8.42 Å². The lowest BCUT2D eigenvalue weighted by atomic mass is 10.2. The molecule has 1 fully saturated rings. The first-order valence-corrected chi connectivity index (χ1v) is 9.48. The van der Waals surface area contributed by atoms with Gasteiger partial charge in [0.15, 0.2) is 4.90 Å². The van der Waals surface area contributed by atoms with Crippen LogP contribution in [-0.2, 0) is 14.8 Å². The molecule has 0 aliphatic carbocycles. The molecule has 1 aliphatic heterocycles. The Morgan fingerprint density at radius 2 is 1.85 bits per heavy atom. The van der Waals surface area contributed by atoms with Gasteiger partial charge in [0.05, 0.1) is 4.92 Å². The lowest BCUT2D eigenvalue weighted by molar-refractivity contribution is -0.387. The number of benzene rings is 1. The van der Waals surface area contributed by atoms with Crippen LogP contribution >= 0.6 is 12.4 Å². The maximum Gasteiger partial charge on any atom is 0.289 e. The van der Waals surface area contributed by atoms with E-state index in [4.69, 9.17) is 0 Å². The molecule has 2 rings (SSSR count). The van der Waals surface area contributed by atoms with Crippen LogP contribution in [0.4, 0.5) is 5.69 Å². The topological polar surface area (TPSA) is 113 Å². The number of rotatable bonds is 7. The second kappa shape index (κ2) is 9.81. The number of nitro groups is 1. The monoisotopic (exact) mass is 406 g/mol. The first-order valence-electron chi connectivity index (χ1n) is 8.04. The van der Waals surface area contributed by atoms with Gasteiger partial charge in [-0.05, 0) is 26.1 Å². The van der Waals surface area contributed by atoms with Crippen LogP contribution in [0.2, 0.25) is 0 Å². The van der Waals surface area contributed by atoms with Gasteiger partial charge >= 0.3 is 0 Å². The maximum absolute atomic E-state index is 12.7. The Morgan fingerprint density at radius 1 is 1.23 bits per heavy atom. The number of sulfonamides is 1. The zero-order valence-corrected chi connectivity index (χ0v) is 16.1. The van der Waals surface area contributed by atoms with E-state index in [0.29, 0.717) is 6.42 Å². The van der Waals surface area contributed by atoms with Crippen molar-refractivity contribution in [3.05, 3.63) is 34.4 Å². The van der Waals surface area contributed by atoms with Crippen LogP contribution in [0.15, 0.2) is 29.2 Å². The Bertz CT molecular complexity index is 735. The maximum atomic E-state index is 12.7. The van der Waals surface area contributed by atoms with Crippen LogP contribution in [0.3, 0.4) is 0 Å². The SMILES string of the molecule is CNCCCC(=O)N1CCN(S(=O)(=O)c2ccccc2[N+](=O)[O-])CC1.Cl. The van der Waals surface area contributed by atoms with Crippen molar-refractivity contribution in [1.29, 1.82) is 0 Å². The average molecular weight is 407 g/mol. The van der Waals surface area contributed by atoms with Crippen molar-refractivity contribution >= 4 is 34.0 Å². The standard InChI is InChI=1S/C15H22N4O5S.ClH/c1-16-8-4-7-15(20)17-9-11-18(12-10-17)25(23,24)14-6-3-2-5-13(14)19(21)22;/h2-3,5-6,16H,4,7-12H2,1H3;1H. The Balaban J connectivity index is 0.00000338. The van der Waals surface area contributed by atoms with Gasteiger partial charge in [0.25, 0.3) is 5.69 Å². The molecule has 1 aliphatic rings. The molecule has 1 aromatic carbocycles. The number of carbonyl (C=O) groups is 1. The summed E-state index contributed by atoms with van der Waals surface area (Å²) in [4.78, 5) is 23.8. The van der Waals surface area contributed by atoms with E-state index >= 15 is 0 Å². The van der Waals surface area contributed by atoms with E-state index in [9.17, 15) is 23.3 Å². The number of amides is 1. The largest absolute Gasteiger partial charge is 0.340 e. The molecule has 1 saturated heterocycles. The van der Waals surface area contributed by atoms with Crippen LogP contribution in [0.1, 0.15) is 12.8 Å². The first kappa shape index (κ1) is 22.3. The molecule has 0 unspecified atom stereocenters. The summed E-state index contributed by atoms with van der Waals surface area (Å²) in [5.41, 5.74) is -0.437. The van der Waals surface area contributed by atoms with Crippen molar-refractivity contribution in [2.24, 2.45) is 0 Å². The number of hydrogen-bond donors (Lipinski definition) is 1. The second-order valence-corrected chi connectivity index (χ2v) is 7.62. The molecule has 0 saturated carbocycles. The highest BCUT2D eigenvalue weighted by atomic mass is 35.5. The number of carbonyl (C=O) groups excluding carboxylic acids is 1. The predicted octanol–water partition coefficient (Wildman–Crippen LogP) is 0.849. The normalized spacial score (nSPS) is 15.3. The number of nitrogens with one attached hydrogen (secondary N) is 1. The highest BCUT2D eigenvalue weighted by Gasteiger charge is 2.34. The van der Waals surface area contributed by atoms with Crippen LogP contribution in [-0.4, -0.2) is 68.2 Å². The van der Waals surface area contributed by atoms with Crippen LogP contribution in [0, 0.1) is 10.1 Å². The molecule has 0 spiro atoms. The highest BCUT2D eigenvalue weighted by molar-refractivity contribution is 7.89. The van der Waals surface area contributed by atoms with E-state index in [0.717, 1.165) is 13.0 Å². The van der Waals surface area contributed by atoms with E-state index < -0.39 is 20.6 Å². The quantitative estimate of drug-likeness (QED) is 0.408. The van der Waals surface area contributed by atoms with Crippen molar-refractivity contribution in [2.45, 2.75) is 17.7 Å². The molecule has 1 amide bonds. The molecule has 0 atom stereocenters. The van der Waals surface area contributed by atoms with E-state index in [1.54, 1.807) is 4.90 Å². The number of halogens is 1. The van der Waals surface area contributed by atoms with Gasteiger partial charge in [0.1, 0.15) is 0 Å². The number of hydrogen-bond acceptors (Lipinski definition) is 6. The molecule has 1 aromatic rings. The smallest absolute Gasteiger partial charge is 0.289 e. The fraction of sp³-hybridized carbons (Fsp3) is 0.533.